The zero-order valence-electron chi connectivity index (χ0n) is 18.8. The number of para-hydroxylation sites is 1. The van der Waals surface area contributed by atoms with Crippen molar-refractivity contribution in [3.8, 4) is 11.1 Å². The fourth-order valence-electron chi connectivity index (χ4n) is 3.46. The van der Waals surface area contributed by atoms with Gasteiger partial charge < -0.3 is 15.6 Å². The Balaban J connectivity index is 1.32. The molecule has 2 heterocycles. The van der Waals surface area contributed by atoms with Crippen LogP contribution < -0.4 is 21.5 Å². The van der Waals surface area contributed by atoms with Crippen LogP contribution in [0.2, 0.25) is 0 Å². The van der Waals surface area contributed by atoms with Crippen molar-refractivity contribution in [2.75, 3.05) is 17.2 Å². The third-order valence-corrected chi connectivity index (χ3v) is 5.36. The minimum Gasteiger partial charge on any atom is -0.331 e. The van der Waals surface area contributed by atoms with Crippen molar-refractivity contribution >= 4 is 17.7 Å². The topological polar surface area (TPSA) is 112 Å². The zero-order valence-corrected chi connectivity index (χ0v) is 18.8. The Morgan fingerprint density at radius 2 is 1.71 bits per heavy atom. The van der Waals surface area contributed by atoms with Gasteiger partial charge >= 0.3 is 6.03 Å². The highest BCUT2D eigenvalue weighted by Gasteiger charge is 2.09. The Bertz CT molecular complexity index is 1300. The van der Waals surface area contributed by atoms with Gasteiger partial charge in [-0.1, -0.05) is 42.5 Å². The number of rotatable bonds is 8. The number of aromatic nitrogens is 3. The van der Waals surface area contributed by atoms with E-state index < -0.39 is 11.6 Å². The van der Waals surface area contributed by atoms with Crippen molar-refractivity contribution in [2.45, 2.75) is 19.9 Å². The number of amides is 2. The molecular formula is C26H26N6O2. The first-order valence-corrected chi connectivity index (χ1v) is 11.0. The maximum absolute atomic E-state index is 12.5. The molecule has 0 aliphatic carbocycles. The number of H-pyrrole nitrogens is 1. The van der Waals surface area contributed by atoms with Crippen LogP contribution in [0.25, 0.3) is 11.1 Å². The zero-order chi connectivity index (χ0) is 23.8. The van der Waals surface area contributed by atoms with E-state index in [-0.39, 0.29) is 5.95 Å². The molecule has 0 spiro atoms. The fourth-order valence-corrected chi connectivity index (χ4v) is 3.46. The lowest BCUT2D eigenvalue weighted by molar-refractivity contribution is 0.262. The fraction of sp³-hybridized carbons (Fsp3) is 0.154. The number of hydrogen-bond donors (Lipinski definition) is 4. The van der Waals surface area contributed by atoms with Crippen molar-refractivity contribution < 1.29 is 4.79 Å². The number of nitrogens with zero attached hydrogens (tertiary/aromatic N) is 2. The maximum atomic E-state index is 12.5. The van der Waals surface area contributed by atoms with E-state index in [4.69, 9.17) is 0 Å². The highest BCUT2D eigenvalue weighted by atomic mass is 16.2. The van der Waals surface area contributed by atoms with E-state index in [0.717, 1.165) is 36.2 Å². The van der Waals surface area contributed by atoms with Crippen LogP contribution in [0.15, 0.2) is 84.0 Å². The molecule has 0 unspecified atom stereocenters. The van der Waals surface area contributed by atoms with Gasteiger partial charge in [-0.2, -0.15) is 4.98 Å². The Kier molecular flexibility index (Phi) is 7.42. The summed E-state index contributed by atoms with van der Waals surface area (Å²) in [7, 11) is 0. The number of aromatic amines is 1. The standard InChI is InChI=1S/C26H26N6O2/c1-18-4-2-3-5-23(18)30-26(34)32-25-29-17-22(24(33)31-25)21-8-6-20(7-9-21)16-28-15-12-19-10-13-27-14-11-19/h2-11,13-14,17,28H,12,15-16H2,1H3,(H3,29,30,31,32,33,34). The summed E-state index contributed by atoms with van der Waals surface area (Å²) in [5.41, 5.74) is 4.75. The number of aryl methyl sites for hydroxylation is 1. The molecule has 0 aliphatic rings. The molecule has 8 heteroatoms. The Morgan fingerprint density at radius 1 is 0.941 bits per heavy atom. The summed E-state index contributed by atoms with van der Waals surface area (Å²) in [4.78, 5) is 35.6. The highest BCUT2D eigenvalue weighted by molar-refractivity contribution is 5.99. The molecule has 4 aromatic rings. The van der Waals surface area contributed by atoms with E-state index in [2.05, 4.69) is 30.9 Å². The number of nitrogens with one attached hydrogen (secondary N) is 4. The second-order valence-electron chi connectivity index (χ2n) is 7.84. The molecule has 0 radical (unpaired) electrons. The van der Waals surface area contributed by atoms with Crippen LogP contribution in [0.1, 0.15) is 16.7 Å². The SMILES string of the molecule is Cc1ccccc1NC(=O)Nc1nc(=O)c(-c2ccc(CNCCc3ccncc3)cc2)c[nH]1. The van der Waals surface area contributed by atoms with E-state index in [0.29, 0.717) is 11.3 Å². The van der Waals surface area contributed by atoms with Crippen molar-refractivity contribution in [1.29, 1.82) is 0 Å². The summed E-state index contributed by atoms with van der Waals surface area (Å²) in [5.74, 6) is 0.0786. The van der Waals surface area contributed by atoms with Crippen molar-refractivity contribution in [3.63, 3.8) is 0 Å². The predicted octanol–water partition coefficient (Wildman–Crippen LogP) is 4.12. The van der Waals surface area contributed by atoms with Gasteiger partial charge in [-0.05, 0) is 60.3 Å². The van der Waals surface area contributed by atoms with Gasteiger partial charge in [-0.15, -0.1) is 0 Å². The summed E-state index contributed by atoms with van der Waals surface area (Å²) in [6.45, 7) is 3.49. The lowest BCUT2D eigenvalue weighted by atomic mass is 10.1. The second-order valence-corrected chi connectivity index (χ2v) is 7.84. The van der Waals surface area contributed by atoms with Crippen LogP contribution in [0, 0.1) is 6.92 Å². The highest BCUT2D eigenvalue weighted by Crippen LogP contribution is 2.16. The maximum Gasteiger partial charge on any atom is 0.326 e. The summed E-state index contributed by atoms with van der Waals surface area (Å²) in [5, 5.41) is 8.72. The van der Waals surface area contributed by atoms with Gasteiger partial charge in [-0.25, -0.2) is 4.79 Å². The van der Waals surface area contributed by atoms with Gasteiger partial charge in [0, 0.05) is 30.8 Å². The summed E-state index contributed by atoms with van der Waals surface area (Å²) < 4.78 is 0. The quantitative estimate of drug-likeness (QED) is 0.299. The minimum absolute atomic E-state index is 0.0786. The largest absolute Gasteiger partial charge is 0.331 e. The summed E-state index contributed by atoms with van der Waals surface area (Å²) >= 11 is 0. The number of pyridine rings is 1. The van der Waals surface area contributed by atoms with Crippen molar-refractivity contribution in [2.24, 2.45) is 0 Å². The number of anilines is 2. The minimum atomic E-state index is -0.481. The van der Waals surface area contributed by atoms with Crippen LogP contribution >= 0.6 is 0 Å². The first-order chi connectivity index (χ1) is 16.6. The molecule has 0 saturated carbocycles. The molecule has 0 bridgehead atoms. The molecule has 2 amide bonds. The molecule has 2 aromatic carbocycles. The Hall–Kier alpha value is -4.30. The number of carbonyl (C=O) groups is 1. The molecule has 8 nitrogen and oxygen atoms in total. The average molecular weight is 455 g/mol. The molecule has 0 aliphatic heterocycles. The normalized spacial score (nSPS) is 10.6. The number of carbonyl (C=O) groups excluding carboxylic acids is 1. The van der Waals surface area contributed by atoms with Crippen LogP contribution in [0.3, 0.4) is 0 Å². The molecule has 0 saturated heterocycles. The molecular weight excluding hydrogens is 428 g/mol. The smallest absolute Gasteiger partial charge is 0.326 e. The van der Waals surface area contributed by atoms with Gasteiger partial charge in [-0.3, -0.25) is 15.1 Å². The third kappa shape index (κ3) is 6.14. The summed E-state index contributed by atoms with van der Waals surface area (Å²) in [6.07, 6.45) is 6.09. The van der Waals surface area contributed by atoms with E-state index in [1.165, 1.54) is 5.56 Å². The second kappa shape index (κ2) is 11.0. The number of urea groups is 1. The van der Waals surface area contributed by atoms with Gasteiger partial charge in [0.2, 0.25) is 5.95 Å². The molecule has 172 valence electrons. The molecule has 4 rings (SSSR count). The first kappa shape index (κ1) is 22.9. The van der Waals surface area contributed by atoms with E-state index >= 15 is 0 Å². The molecule has 0 atom stereocenters. The molecule has 2 aromatic heterocycles. The van der Waals surface area contributed by atoms with Gasteiger partial charge in [0.15, 0.2) is 0 Å². The van der Waals surface area contributed by atoms with Crippen LogP contribution in [-0.4, -0.2) is 27.5 Å². The van der Waals surface area contributed by atoms with E-state index in [9.17, 15) is 9.59 Å². The van der Waals surface area contributed by atoms with E-state index in [1.807, 2.05) is 61.5 Å². The van der Waals surface area contributed by atoms with E-state index in [1.54, 1.807) is 24.7 Å². The van der Waals surface area contributed by atoms with Gasteiger partial charge in [0.1, 0.15) is 0 Å². The third-order valence-electron chi connectivity index (χ3n) is 5.36. The van der Waals surface area contributed by atoms with Crippen LogP contribution in [0.4, 0.5) is 16.4 Å². The van der Waals surface area contributed by atoms with Crippen LogP contribution in [0.5, 0.6) is 0 Å². The monoisotopic (exact) mass is 454 g/mol. The number of benzene rings is 2. The van der Waals surface area contributed by atoms with Gasteiger partial charge in [0.25, 0.3) is 5.56 Å². The first-order valence-electron chi connectivity index (χ1n) is 11.0. The molecule has 0 fully saturated rings. The average Bonchev–Trinajstić information content (AvgIpc) is 2.85. The lowest BCUT2D eigenvalue weighted by Crippen LogP contribution is -2.23. The van der Waals surface area contributed by atoms with Crippen molar-refractivity contribution in [1.82, 2.24) is 20.3 Å². The Labute approximate surface area is 197 Å². The molecule has 4 N–H and O–H groups in total. The van der Waals surface area contributed by atoms with Gasteiger partial charge in [0.05, 0.1) is 5.56 Å². The van der Waals surface area contributed by atoms with Crippen LogP contribution in [-0.2, 0) is 13.0 Å². The summed E-state index contributed by atoms with van der Waals surface area (Å²) in [6, 6.07) is 18.7. The lowest BCUT2D eigenvalue weighted by Gasteiger charge is -2.09. The number of hydrogen-bond acceptors (Lipinski definition) is 5. The predicted molar refractivity (Wildman–Crippen MR) is 134 cm³/mol. The van der Waals surface area contributed by atoms with Crippen molar-refractivity contribution in [3.05, 3.63) is 106 Å². The Morgan fingerprint density at radius 3 is 2.44 bits per heavy atom. The molecule has 34 heavy (non-hydrogen) atoms.